The zero-order valence-corrected chi connectivity index (χ0v) is 12.6. The molecule has 1 aromatic heterocycles. The fraction of sp³-hybridized carbons (Fsp3) is 0.615. The third-order valence-electron chi connectivity index (χ3n) is 3.25. The van der Waals surface area contributed by atoms with Crippen LogP contribution in [0, 0.1) is 5.82 Å². The SMILES string of the molecule is CC(C)NCc1cc(F)cnc1N1CCS(=O)(=O)CC1. The average Bonchev–Trinajstić information content (AvgIpc) is 2.37. The first kappa shape index (κ1) is 15.2. The van der Waals surface area contributed by atoms with Crippen LogP contribution in [0.15, 0.2) is 12.3 Å². The summed E-state index contributed by atoms with van der Waals surface area (Å²) in [6.07, 6.45) is 1.18. The van der Waals surface area contributed by atoms with Crippen LogP contribution in [0.2, 0.25) is 0 Å². The molecule has 1 saturated heterocycles. The lowest BCUT2D eigenvalue weighted by Gasteiger charge is -2.29. The molecular formula is C13H20FN3O2S. The van der Waals surface area contributed by atoms with Crippen LogP contribution in [-0.2, 0) is 16.4 Å². The molecule has 0 saturated carbocycles. The van der Waals surface area contributed by atoms with Crippen LogP contribution in [-0.4, -0.2) is 44.0 Å². The molecule has 1 fully saturated rings. The van der Waals surface area contributed by atoms with Crippen LogP contribution in [0.3, 0.4) is 0 Å². The number of nitrogens with zero attached hydrogens (tertiary/aromatic N) is 2. The van der Waals surface area contributed by atoms with Crippen LogP contribution in [0.25, 0.3) is 0 Å². The predicted molar refractivity (Wildman–Crippen MR) is 77.0 cm³/mol. The number of hydrogen-bond acceptors (Lipinski definition) is 5. The molecule has 2 rings (SSSR count). The zero-order chi connectivity index (χ0) is 14.8. The van der Waals surface area contributed by atoms with Gasteiger partial charge < -0.3 is 10.2 Å². The molecule has 7 heteroatoms. The second-order valence-corrected chi connectivity index (χ2v) is 7.61. The Balaban J connectivity index is 2.18. The van der Waals surface area contributed by atoms with Crippen molar-refractivity contribution < 1.29 is 12.8 Å². The largest absolute Gasteiger partial charge is 0.354 e. The fourth-order valence-corrected chi connectivity index (χ4v) is 3.33. The molecule has 1 aliphatic heterocycles. The molecule has 1 aromatic rings. The molecule has 1 N–H and O–H groups in total. The maximum absolute atomic E-state index is 13.4. The molecule has 2 heterocycles. The topological polar surface area (TPSA) is 62.3 Å². The Labute approximate surface area is 119 Å². The number of hydrogen-bond donors (Lipinski definition) is 1. The molecule has 0 radical (unpaired) electrons. The van der Waals surface area contributed by atoms with Crippen LogP contribution < -0.4 is 10.2 Å². The predicted octanol–water partition coefficient (Wildman–Crippen LogP) is 0.953. The Kier molecular flexibility index (Phi) is 4.59. The van der Waals surface area contributed by atoms with Gasteiger partial charge in [-0.2, -0.15) is 0 Å². The van der Waals surface area contributed by atoms with Gasteiger partial charge >= 0.3 is 0 Å². The van der Waals surface area contributed by atoms with Gasteiger partial charge in [0.25, 0.3) is 0 Å². The molecule has 0 atom stereocenters. The van der Waals surface area contributed by atoms with Crippen molar-refractivity contribution in [1.82, 2.24) is 10.3 Å². The summed E-state index contributed by atoms with van der Waals surface area (Å²) in [5, 5.41) is 3.23. The van der Waals surface area contributed by atoms with Crippen LogP contribution in [0.1, 0.15) is 19.4 Å². The van der Waals surface area contributed by atoms with E-state index in [1.807, 2.05) is 18.7 Å². The normalized spacial score (nSPS) is 18.5. The molecule has 0 amide bonds. The summed E-state index contributed by atoms with van der Waals surface area (Å²) >= 11 is 0. The molecule has 0 unspecified atom stereocenters. The summed E-state index contributed by atoms with van der Waals surface area (Å²) in [4.78, 5) is 6.06. The van der Waals surface area contributed by atoms with Crippen molar-refractivity contribution in [3.63, 3.8) is 0 Å². The minimum absolute atomic E-state index is 0.128. The number of aromatic nitrogens is 1. The van der Waals surface area contributed by atoms with Gasteiger partial charge in [0.2, 0.25) is 0 Å². The van der Waals surface area contributed by atoms with Crippen molar-refractivity contribution in [2.75, 3.05) is 29.5 Å². The maximum Gasteiger partial charge on any atom is 0.153 e. The first-order valence-electron chi connectivity index (χ1n) is 6.70. The van der Waals surface area contributed by atoms with Crippen LogP contribution >= 0.6 is 0 Å². The summed E-state index contributed by atoms with van der Waals surface area (Å²) < 4.78 is 36.3. The van der Waals surface area contributed by atoms with Gasteiger partial charge in [0.1, 0.15) is 11.6 Å². The first-order valence-corrected chi connectivity index (χ1v) is 8.53. The molecule has 0 aromatic carbocycles. The molecule has 112 valence electrons. The van der Waals surface area contributed by atoms with Gasteiger partial charge in [-0.3, -0.25) is 0 Å². The molecular weight excluding hydrogens is 281 g/mol. The summed E-state index contributed by atoms with van der Waals surface area (Å²) in [6.45, 7) is 5.37. The quantitative estimate of drug-likeness (QED) is 0.897. The van der Waals surface area contributed by atoms with Gasteiger partial charge in [-0.25, -0.2) is 17.8 Å². The van der Waals surface area contributed by atoms with E-state index in [1.54, 1.807) is 0 Å². The van der Waals surface area contributed by atoms with Gasteiger partial charge in [0.05, 0.1) is 17.7 Å². The number of sulfone groups is 1. The third kappa shape index (κ3) is 3.89. The van der Waals surface area contributed by atoms with Gasteiger partial charge in [0, 0.05) is 31.2 Å². The van der Waals surface area contributed by atoms with E-state index in [-0.39, 0.29) is 23.4 Å². The average molecular weight is 301 g/mol. The highest BCUT2D eigenvalue weighted by molar-refractivity contribution is 7.91. The maximum atomic E-state index is 13.4. The van der Waals surface area contributed by atoms with Crippen LogP contribution in [0.5, 0.6) is 0 Å². The van der Waals surface area contributed by atoms with E-state index >= 15 is 0 Å². The Bertz CT molecular complexity index is 561. The van der Waals surface area contributed by atoms with Crippen molar-refractivity contribution in [1.29, 1.82) is 0 Å². The Morgan fingerprint density at radius 1 is 1.40 bits per heavy atom. The number of anilines is 1. The monoisotopic (exact) mass is 301 g/mol. The highest BCUT2D eigenvalue weighted by atomic mass is 32.2. The van der Waals surface area contributed by atoms with E-state index in [4.69, 9.17) is 0 Å². The van der Waals surface area contributed by atoms with Gasteiger partial charge in [0.15, 0.2) is 9.84 Å². The smallest absolute Gasteiger partial charge is 0.153 e. The van der Waals surface area contributed by atoms with Crippen molar-refractivity contribution in [2.24, 2.45) is 0 Å². The van der Waals surface area contributed by atoms with Gasteiger partial charge in [-0.05, 0) is 6.07 Å². The Hall–Kier alpha value is -1.21. The minimum Gasteiger partial charge on any atom is -0.354 e. The standard InChI is InChI=1S/C13H20FN3O2S/c1-10(2)15-8-11-7-12(14)9-16-13(11)17-3-5-20(18,19)6-4-17/h7,9-10,15H,3-6,8H2,1-2H3. The summed E-state index contributed by atoms with van der Waals surface area (Å²) in [7, 11) is -2.93. The minimum atomic E-state index is -2.93. The Morgan fingerprint density at radius 2 is 2.05 bits per heavy atom. The third-order valence-corrected chi connectivity index (χ3v) is 4.86. The number of halogens is 1. The summed E-state index contributed by atoms with van der Waals surface area (Å²) in [5.41, 5.74) is 0.762. The van der Waals surface area contributed by atoms with E-state index < -0.39 is 9.84 Å². The second-order valence-electron chi connectivity index (χ2n) is 5.31. The van der Waals surface area contributed by atoms with Crippen LogP contribution in [0.4, 0.5) is 10.2 Å². The van der Waals surface area contributed by atoms with E-state index in [0.29, 0.717) is 25.5 Å². The second kappa shape index (κ2) is 6.05. The number of nitrogens with one attached hydrogen (secondary N) is 1. The summed E-state index contributed by atoms with van der Waals surface area (Å²) in [6, 6.07) is 1.74. The molecule has 0 spiro atoms. The van der Waals surface area contributed by atoms with Gasteiger partial charge in [-0.15, -0.1) is 0 Å². The lowest BCUT2D eigenvalue weighted by atomic mass is 10.2. The van der Waals surface area contributed by atoms with E-state index in [1.165, 1.54) is 12.3 Å². The first-order chi connectivity index (χ1) is 9.37. The van der Waals surface area contributed by atoms with Crippen molar-refractivity contribution in [3.8, 4) is 0 Å². The highest BCUT2D eigenvalue weighted by Gasteiger charge is 2.24. The molecule has 1 aliphatic rings. The zero-order valence-electron chi connectivity index (χ0n) is 11.8. The number of pyridine rings is 1. The highest BCUT2D eigenvalue weighted by Crippen LogP contribution is 2.20. The summed E-state index contributed by atoms with van der Waals surface area (Å²) in [5.74, 6) is 0.556. The number of rotatable bonds is 4. The van der Waals surface area contributed by atoms with Crippen molar-refractivity contribution in [3.05, 3.63) is 23.6 Å². The van der Waals surface area contributed by atoms with Gasteiger partial charge in [-0.1, -0.05) is 13.8 Å². The molecule has 0 aliphatic carbocycles. The Morgan fingerprint density at radius 3 is 2.65 bits per heavy atom. The molecule has 0 bridgehead atoms. The van der Waals surface area contributed by atoms with E-state index in [2.05, 4.69) is 10.3 Å². The fourth-order valence-electron chi connectivity index (χ4n) is 2.13. The van der Waals surface area contributed by atoms with Crippen molar-refractivity contribution >= 4 is 15.7 Å². The lowest BCUT2D eigenvalue weighted by molar-refractivity contribution is 0.572. The van der Waals surface area contributed by atoms with Crippen molar-refractivity contribution in [2.45, 2.75) is 26.4 Å². The molecule has 5 nitrogen and oxygen atoms in total. The van der Waals surface area contributed by atoms with E-state index in [0.717, 1.165) is 5.56 Å². The molecule has 20 heavy (non-hydrogen) atoms. The lowest BCUT2D eigenvalue weighted by Crippen LogP contribution is -2.41. The van der Waals surface area contributed by atoms with E-state index in [9.17, 15) is 12.8 Å².